The molecular formula is C24H23N3O3S. The summed E-state index contributed by atoms with van der Waals surface area (Å²) in [6.45, 7) is 5.54. The van der Waals surface area contributed by atoms with Gasteiger partial charge in [-0.1, -0.05) is 35.9 Å². The van der Waals surface area contributed by atoms with Crippen molar-refractivity contribution in [3.63, 3.8) is 0 Å². The highest BCUT2D eigenvalue weighted by Crippen LogP contribution is 2.35. The average Bonchev–Trinajstić information content (AvgIpc) is 3.13. The van der Waals surface area contributed by atoms with E-state index >= 15 is 0 Å². The quantitative estimate of drug-likeness (QED) is 0.601. The van der Waals surface area contributed by atoms with Crippen molar-refractivity contribution in [3.8, 4) is 0 Å². The zero-order chi connectivity index (χ0) is 22.3. The Hall–Kier alpha value is -3.32. The van der Waals surface area contributed by atoms with Gasteiger partial charge in [0.15, 0.2) is 0 Å². The standard InChI is InChI=1S/C24H23N3O3S/c1-14-9-10-19(15(2)11-14)25-22(28)13-27-23(29)21(31-24(27)30)12-18-16(3)26(4)20-8-6-5-7-17(18)20/h5-12H,13H2,1-4H3,(H,25,28)/b21-12-. The van der Waals surface area contributed by atoms with Crippen LogP contribution in [0.1, 0.15) is 22.4 Å². The van der Waals surface area contributed by atoms with E-state index in [9.17, 15) is 14.4 Å². The Morgan fingerprint density at radius 2 is 1.84 bits per heavy atom. The van der Waals surface area contributed by atoms with Crippen LogP contribution < -0.4 is 5.32 Å². The smallest absolute Gasteiger partial charge is 0.294 e. The summed E-state index contributed by atoms with van der Waals surface area (Å²) in [6.07, 6.45) is 1.75. The minimum absolute atomic E-state index is 0.316. The first-order valence-corrected chi connectivity index (χ1v) is 10.7. The zero-order valence-corrected chi connectivity index (χ0v) is 18.7. The van der Waals surface area contributed by atoms with Gasteiger partial charge in [0.25, 0.3) is 11.1 Å². The summed E-state index contributed by atoms with van der Waals surface area (Å²) >= 11 is 0.866. The van der Waals surface area contributed by atoms with Gasteiger partial charge in [-0.25, -0.2) is 0 Å². The maximum absolute atomic E-state index is 12.9. The van der Waals surface area contributed by atoms with Gasteiger partial charge in [-0.3, -0.25) is 19.3 Å². The number of fused-ring (bicyclic) bond motifs is 1. The number of para-hydroxylation sites is 1. The van der Waals surface area contributed by atoms with Crippen molar-refractivity contribution in [1.82, 2.24) is 9.47 Å². The molecule has 6 nitrogen and oxygen atoms in total. The summed E-state index contributed by atoms with van der Waals surface area (Å²) < 4.78 is 2.06. The monoisotopic (exact) mass is 433 g/mol. The van der Waals surface area contributed by atoms with Crippen LogP contribution in [0.3, 0.4) is 0 Å². The number of thioether (sulfide) groups is 1. The van der Waals surface area contributed by atoms with Crippen LogP contribution in [-0.2, 0) is 16.6 Å². The second-order valence-corrected chi connectivity index (χ2v) is 8.70. The number of benzene rings is 2. The largest absolute Gasteiger partial charge is 0.347 e. The number of nitrogens with one attached hydrogen (secondary N) is 1. The molecule has 3 aromatic rings. The average molecular weight is 434 g/mol. The number of carbonyl (C=O) groups is 3. The fourth-order valence-electron chi connectivity index (χ4n) is 3.79. The van der Waals surface area contributed by atoms with Gasteiger partial charge >= 0.3 is 0 Å². The summed E-state index contributed by atoms with van der Waals surface area (Å²) in [6, 6.07) is 13.6. The number of anilines is 1. The maximum atomic E-state index is 12.9. The van der Waals surface area contributed by atoms with Gasteiger partial charge in [0.2, 0.25) is 5.91 Å². The minimum atomic E-state index is -0.446. The molecular weight excluding hydrogens is 410 g/mol. The Kier molecular flexibility index (Phi) is 5.45. The molecule has 0 atom stereocenters. The molecule has 0 saturated carbocycles. The van der Waals surface area contributed by atoms with E-state index < -0.39 is 17.1 Å². The lowest BCUT2D eigenvalue weighted by Gasteiger charge is -2.14. The van der Waals surface area contributed by atoms with Crippen molar-refractivity contribution in [2.24, 2.45) is 7.05 Å². The molecule has 1 aliphatic rings. The molecule has 31 heavy (non-hydrogen) atoms. The molecule has 2 heterocycles. The Morgan fingerprint density at radius 1 is 1.10 bits per heavy atom. The molecule has 1 aromatic heterocycles. The Bertz CT molecular complexity index is 1270. The topological polar surface area (TPSA) is 71.4 Å². The number of carbonyl (C=O) groups excluding carboxylic acids is 3. The molecule has 0 spiro atoms. The number of aryl methyl sites for hydroxylation is 3. The Labute approximate surface area is 184 Å². The van der Waals surface area contributed by atoms with Crippen LogP contribution in [0.25, 0.3) is 17.0 Å². The van der Waals surface area contributed by atoms with Crippen molar-refractivity contribution in [2.75, 3.05) is 11.9 Å². The van der Waals surface area contributed by atoms with Crippen LogP contribution in [0.2, 0.25) is 0 Å². The van der Waals surface area contributed by atoms with Gasteiger partial charge in [-0.2, -0.15) is 0 Å². The van der Waals surface area contributed by atoms with E-state index in [0.29, 0.717) is 10.6 Å². The number of nitrogens with zero attached hydrogens (tertiary/aromatic N) is 2. The molecule has 2 aromatic carbocycles. The predicted octanol–water partition coefficient (Wildman–Crippen LogP) is 4.78. The lowest BCUT2D eigenvalue weighted by Crippen LogP contribution is -2.36. The van der Waals surface area contributed by atoms with Crippen molar-refractivity contribution >= 4 is 51.5 Å². The zero-order valence-electron chi connectivity index (χ0n) is 17.9. The molecule has 0 radical (unpaired) electrons. The van der Waals surface area contributed by atoms with Gasteiger partial charge in [-0.15, -0.1) is 0 Å². The van der Waals surface area contributed by atoms with E-state index in [1.807, 2.05) is 70.3 Å². The van der Waals surface area contributed by atoms with E-state index in [4.69, 9.17) is 0 Å². The third kappa shape index (κ3) is 3.88. The van der Waals surface area contributed by atoms with Crippen LogP contribution in [0.15, 0.2) is 47.4 Å². The molecule has 0 bridgehead atoms. The molecule has 4 rings (SSSR count). The SMILES string of the molecule is Cc1ccc(NC(=O)CN2C(=O)S/C(=C\c3c(C)n(C)c4ccccc34)C2=O)c(C)c1. The lowest BCUT2D eigenvalue weighted by atomic mass is 10.1. The molecule has 1 saturated heterocycles. The fraction of sp³-hybridized carbons (Fsp3) is 0.208. The highest BCUT2D eigenvalue weighted by molar-refractivity contribution is 8.18. The molecule has 158 valence electrons. The van der Waals surface area contributed by atoms with E-state index in [-0.39, 0.29) is 6.54 Å². The summed E-state index contributed by atoms with van der Waals surface area (Å²) in [5.41, 5.74) is 5.65. The number of hydrogen-bond donors (Lipinski definition) is 1. The summed E-state index contributed by atoms with van der Waals surface area (Å²) in [4.78, 5) is 39.2. The molecule has 1 aliphatic heterocycles. The third-order valence-electron chi connectivity index (χ3n) is 5.56. The third-order valence-corrected chi connectivity index (χ3v) is 6.46. The van der Waals surface area contributed by atoms with E-state index in [0.717, 1.165) is 49.9 Å². The molecule has 3 amide bonds. The highest BCUT2D eigenvalue weighted by atomic mass is 32.2. The second-order valence-electron chi connectivity index (χ2n) is 7.71. The van der Waals surface area contributed by atoms with Crippen molar-refractivity contribution in [3.05, 3.63) is 69.8 Å². The first-order valence-electron chi connectivity index (χ1n) is 9.92. The van der Waals surface area contributed by atoms with Crippen molar-refractivity contribution in [2.45, 2.75) is 20.8 Å². The molecule has 1 fully saturated rings. The first-order chi connectivity index (χ1) is 14.8. The van der Waals surface area contributed by atoms with Crippen LogP contribution in [0, 0.1) is 20.8 Å². The van der Waals surface area contributed by atoms with Gasteiger partial charge in [-0.05, 0) is 56.3 Å². The maximum Gasteiger partial charge on any atom is 0.294 e. The van der Waals surface area contributed by atoms with Crippen LogP contribution in [-0.4, -0.2) is 33.1 Å². The van der Waals surface area contributed by atoms with Crippen molar-refractivity contribution < 1.29 is 14.4 Å². The second kappa shape index (κ2) is 8.07. The molecule has 7 heteroatoms. The fourth-order valence-corrected chi connectivity index (χ4v) is 4.61. The van der Waals surface area contributed by atoms with Crippen LogP contribution in [0.5, 0.6) is 0 Å². The summed E-state index contributed by atoms with van der Waals surface area (Å²) in [7, 11) is 1.97. The lowest BCUT2D eigenvalue weighted by molar-refractivity contribution is -0.127. The van der Waals surface area contributed by atoms with Crippen LogP contribution >= 0.6 is 11.8 Å². The summed E-state index contributed by atoms with van der Waals surface area (Å²) in [5, 5.41) is 3.37. The van der Waals surface area contributed by atoms with Gasteiger partial charge in [0.05, 0.1) is 4.91 Å². The number of imide groups is 1. The van der Waals surface area contributed by atoms with E-state index in [1.54, 1.807) is 6.08 Å². The normalized spacial score (nSPS) is 15.4. The number of rotatable bonds is 4. The number of amides is 3. The van der Waals surface area contributed by atoms with Crippen LogP contribution in [0.4, 0.5) is 10.5 Å². The molecule has 0 unspecified atom stereocenters. The van der Waals surface area contributed by atoms with Gasteiger partial charge < -0.3 is 9.88 Å². The van der Waals surface area contributed by atoms with Crippen molar-refractivity contribution in [1.29, 1.82) is 0 Å². The summed E-state index contributed by atoms with van der Waals surface area (Å²) in [5.74, 6) is -0.852. The molecule has 1 N–H and O–H groups in total. The first kappa shape index (κ1) is 20.9. The number of hydrogen-bond acceptors (Lipinski definition) is 4. The van der Waals surface area contributed by atoms with E-state index in [1.165, 1.54) is 0 Å². The molecule has 0 aliphatic carbocycles. The minimum Gasteiger partial charge on any atom is -0.347 e. The number of aromatic nitrogens is 1. The highest BCUT2D eigenvalue weighted by Gasteiger charge is 2.36. The van der Waals surface area contributed by atoms with E-state index in [2.05, 4.69) is 9.88 Å². The Balaban J connectivity index is 1.56. The predicted molar refractivity (Wildman–Crippen MR) is 125 cm³/mol. The van der Waals surface area contributed by atoms with Gasteiger partial charge in [0.1, 0.15) is 6.54 Å². The van der Waals surface area contributed by atoms with Gasteiger partial charge in [0, 0.05) is 34.9 Å². The Morgan fingerprint density at radius 3 is 2.58 bits per heavy atom.